The molecule has 23 heavy (non-hydrogen) atoms. The molecule has 0 aromatic heterocycles. The van der Waals surface area contributed by atoms with E-state index in [0.717, 1.165) is 25.9 Å². The average molecular weight is 319 g/mol. The van der Waals surface area contributed by atoms with Crippen LogP contribution in [0.15, 0.2) is 12.1 Å². The molecule has 0 bridgehead atoms. The first-order chi connectivity index (χ1) is 11.0. The van der Waals surface area contributed by atoms with Gasteiger partial charge in [0.05, 0.1) is 12.2 Å². The highest BCUT2D eigenvalue weighted by molar-refractivity contribution is 6.05. The van der Waals surface area contributed by atoms with E-state index in [1.165, 1.54) is 6.92 Å². The number of nitrogens with one attached hydrogen (secondary N) is 1. The first kappa shape index (κ1) is 15.8. The van der Waals surface area contributed by atoms with E-state index < -0.39 is 0 Å². The third-order valence-electron chi connectivity index (χ3n) is 4.17. The Bertz CT molecular complexity index is 624. The van der Waals surface area contributed by atoms with Crippen LogP contribution in [0.2, 0.25) is 0 Å². The number of nitrogens with zero attached hydrogens (tertiary/aromatic N) is 1. The van der Waals surface area contributed by atoms with Crippen LogP contribution in [0.4, 0.5) is 5.69 Å². The van der Waals surface area contributed by atoms with Gasteiger partial charge in [0.25, 0.3) is 0 Å². The fraction of sp³-hybridized carbons (Fsp3) is 0.500. The lowest BCUT2D eigenvalue weighted by Crippen LogP contribution is -2.43. The zero-order valence-electron chi connectivity index (χ0n) is 13.1. The number of benzene rings is 1. The van der Waals surface area contributed by atoms with Crippen LogP contribution in [0.5, 0.6) is 11.5 Å². The van der Waals surface area contributed by atoms with Gasteiger partial charge in [-0.25, -0.2) is 0 Å². The van der Waals surface area contributed by atoms with Crippen molar-refractivity contribution in [2.45, 2.75) is 25.8 Å². The smallest absolute Gasteiger partial charge is 0.238 e. The minimum Gasteiger partial charge on any atom is -0.454 e. The first-order valence-corrected chi connectivity index (χ1v) is 7.75. The fourth-order valence-corrected chi connectivity index (χ4v) is 2.84. The Kier molecular flexibility index (Phi) is 4.49. The molecule has 124 valence electrons. The number of ether oxygens (including phenoxy) is 2. The van der Waals surface area contributed by atoms with Gasteiger partial charge in [-0.15, -0.1) is 0 Å². The van der Waals surface area contributed by atoms with Crippen LogP contribution in [0.25, 0.3) is 0 Å². The second kappa shape index (κ2) is 6.55. The van der Waals surface area contributed by atoms with E-state index in [9.17, 15) is 9.59 Å². The van der Waals surface area contributed by atoms with Crippen LogP contribution in [0.3, 0.4) is 0 Å². The molecule has 7 heteroatoms. The maximum Gasteiger partial charge on any atom is 0.238 e. The van der Waals surface area contributed by atoms with Crippen LogP contribution in [0.1, 0.15) is 30.1 Å². The van der Waals surface area contributed by atoms with Crippen molar-refractivity contribution in [3.8, 4) is 11.5 Å². The molecule has 1 amide bonds. The van der Waals surface area contributed by atoms with Gasteiger partial charge in [-0.2, -0.15) is 0 Å². The summed E-state index contributed by atoms with van der Waals surface area (Å²) in [5, 5.41) is 2.81. The Morgan fingerprint density at radius 3 is 2.57 bits per heavy atom. The topological polar surface area (TPSA) is 93.9 Å². The Morgan fingerprint density at radius 1 is 1.26 bits per heavy atom. The van der Waals surface area contributed by atoms with Crippen molar-refractivity contribution in [1.29, 1.82) is 0 Å². The highest BCUT2D eigenvalue weighted by Crippen LogP contribution is 2.37. The van der Waals surface area contributed by atoms with Gasteiger partial charge in [-0.3, -0.25) is 14.5 Å². The van der Waals surface area contributed by atoms with E-state index in [0.29, 0.717) is 29.3 Å². The molecule has 2 aliphatic heterocycles. The number of likely N-dealkylation sites (tertiary alicyclic amines) is 1. The van der Waals surface area contributed by atoms with E-state index >= 15 is 0 Å². The molecule has 0 saturated carbocycles. The number of anilines is 1. The summed E-state index contributed by atoms with van der Waals surface area (Å²) in [4.78, 5) is 26.1. The third kappa shape index (κ3) is 3.62. The summed E-state index contributed by atoms with van der Waals surface area (Å²) in [6.07, 6.45) is 1.80. The Morgan fingerprint density at radius 2 is 1.91 bits per heavy atom. The van der Waals surface area contributed by atoms with Gasteiger partial charge in [-0.05, 0) is 25.8 Å². The zero-order chi connectivity index (χ0) is 16.4. The number of nitrogens with two attached hydrogens (primary N) is 1. The van der Waals surface area contributed by atoms with E-state index in [2.05, 4.69) is 10.2 Å². The standard InChI is InChI=1S/C16H21N3O4/c1-10(20)12-6-14-15(23-9-22-14)7-13(12)18-16(21)8-19-4-2-11(17)3-5-19/h6-7,11H,2-5,8-9,17H2,1H3,(H,18,21). The van der Waals surface area contributed by atoms with E-state index in [1.54, 1.807) is 12.1 Å². The second-order valence-electron chi connectivity index (χ2n) is 5.97. The van der Waals surface area contributed by atoms with Crippen molar-refractivity contribution < 1.29 is 19.1 Å². The maximum absolute atomic E-state index is 12.3. The van der Waals surface area contributed by atoms with Crippen molar-refractivity contribution in [2.75, 3.05) is 31.7 Å². The third-order valence-corrected chi connectivity index (χ3v) is 4.17. The number of ketones is 1. The molecular weight excluding hydrogens is 298 g/mol. The summed E-state index contributed by atoms with van der Waals surface area (Å²) in [6.45, 7) is 3.50. The van der Waals surface area contributed by atoms with Crippen LogP contribution < -0.4 is 20.5 Å². The molecule has 3 rings (SSSR count). The molecule has 2 heterocycles. The summed E-state index contributed by atoms with van der Waals surface area (Å²) >= 11 is 0. The van der Waals surface area contributed by atoms with Gasteiger partial charge in [0.1, 0.15) is 0 Å². The number of rotatable bonds is 4. The first-order valence-electron chi connectivity index (χ1n) is 7.75. The lowest BCUT2D eigenvalue weighted by Gasteiger charge is -2.29. The van der Waals surface area contributed by atoms with E-state index in [1.807, 2.05) is 0 Å². The van der Waals surface area contributed by atoms with E-state index in [4.69, 9.17) is 15.2 Å². The highest BCUT2D eigenvalue weighted by Gasteiger charge is 2.22. The number of Topliss-reactive ketones (excluding diaryl/α,β-unsaturated/α-hetero) is 1. The van der Waals surface area contributed by atoms with Crippen molar-refractivity contribution >= 4 is 17.4 Å². The second-order valence-corrected chi connectivity index (χ2v) is 5.97. The summed E-state index contributed by atoms with van der Waals surface area (Å²) < 4.78 is 10.6. The lowest BCUT2D eigenvalue weighted by molar-refractivity contribution is -0.117. The molecule has 0 unspecified atom stereocenters. The minimum atomic E-state index is -0.151. The van der Waals surface area contributed by atoms with Gasteiger partial charge in [-0.1, -0.05) is 0 Å². The monoisotopic (exact) mass is 319 g/mol. The van der Waals surface area contributed by atoms with E-state index in [-0.39, 0.29) is 24.5 Å². The highest BCUT2D eigenvalue weighted by atomic mass is 16.7. The Balaban J connectivity index is 1.69. The lowest BCUT2D eigenvalue weighted by atomic mass is 10.1. The SMILES string of the molecule is CC(=O)c1cc2c(cc1NC(=O)CN1CCC(N)CC1)OCO2. The van der Waals surface area contributed by atoms with Crippen LogP contribution in [-0.2, 0) is 4.79 Å². The largest absolute Gasteiger partial charge is 0.454 e. The van der Waals surface area contributed by atoms with Gasteiger partial charge in [0.15, 0.2) is 17.3 Å². The van der Waals surface area contributed by atoms with Crippen molar-refractivity contribution in [2.24, 2.45) is 5.73 Å². The minimum absolute atomic E-state index is 0.123. The fourth-order valence-electron chi connectivity index (χ4n) is 2.84. The summed E-state index contributed by atoms with van der Waals surface area (Å²) in [7, 11) is 0. The Labute approximate surface area is 134 Å². The average Bonchev–Trinajstić information content (AvgIpc) is 2.96. The number of hydrogen-bond acceptors (Lipinski definition) is 6. The summed E-state index contributed by atoms with van der Waals surface area (Å²) in [5.74, 6) is 0.775. The summed E-state index contributed by atoms with van der Waals surface area (Å²) in [5.41, 5.74) is 6.74. The molecule has 1 fully saturated rings. The molecule has 2 aliphatic rings. The molecule has 0 spiro atoms. The molecule has 1 saturated heterocycles. The molecule has 0 radical (unpaired) electrons. The number of amides is 1. The number of fused-ring (bicyclic) bond motifs is 1. The van der Waals surface area contributed by atoms with Gasteiger partial charge >= 0.3 is 0 Å². The maximum atomic E-state index is 12.3. The summed E-state index contributed by atoms with van der Waals surface area (Å²) in [6, 6.07) is 3.48. The predicted molar refractivity (Wildman–Crippen MR) is 84.8 cm³/mol. The molecule has 0 aliphatic carbocycles. The molecule has 3 N–H and O–H groups in total. The molecule has 7 nitrogen and oxygen atoms in total. The number of piperidine rings is 1. The van der Waals surface area contributed by atoms with Crippen molar-refractivity contribution in [1.82, 2.24) is 4.90 Å². The normalized spacial score (nSPS) is 18.0. The van der Waals surface area contributed by atoms with Crippen LogP contribution >= 0.6 is 0 Å². The zero-order valence-corrected chi connectivity index (χ0v) is 13.1. The molecular formula is C16H21N3O4. The van der Waals surface area contributed by atoms with Gasteiger partial charge in [0.2, 0.25) is 12.7 Å². The van der Waals surface area contributed by atoms with Crippen LogP contribution in [-0.4, -0.2) is 49.1 Å². The van der Waals surface area contributed by atoms with Gasteiger partial charge in [0, 0.05) is 30.8 Å². The quantitative estimate of drug-likeness (QED) is 0.804. The number of carbonyl (C=O) groups is 2. The molecule has 0 atom stereocenters. The van der Waals surface area contributed by atoms with Crippen molar-refractivity contribution in [3.05, 3.63) is 17.7 Å². The Hall–Kier alpha value is -2.12. The molecule has 1 aromatic carbocycles. The predicted octanol–water partition coefficient (Wildman–Crippen LogP) is 0.979. The number of hydrogen-bond donors (Lipinski definition) is 2. The van der Waals surface area contributed by atoms with Crippen molar-refractivity contribution in [3.63, 3.8) is 0 Å². The van der Waals surface area contributed by atoms with Gasteiger partial charge < -0.3 is 20.5 Å². The van der Waals surface area contributed by atoms with Crippen LogP contribution in [0, 0.1) is 0 Å². The molecule has 1 aromatic rings. The number of carbonyl (C=O) groups excluding carboxylic acids is 2.